The molecule has 0 N–H and O–H groups in total. The summed E-state index contributed by atoms with van der Waals surface area (Å²) in [5.74, 6) is 0.965. The first-order valence-electron chi connectivity index (χ1n) is 4.85. The Labute approximate surface area is 70.7 Å². The third-order valence-corrected chi connectivity index (χ3v) is 2.82. The fourth-order valence-electron chi connectivity index (χ4n) is 1.85. The van der Waals surface area contributed by atoms with Crippen LogP contribution >= 0.6 is 0 Å². The lowest BCUT2D eigenvalue weighted by molar-refractivity contribution is 0.507. The highest BCUT2D eigenvalue weighted by Gasteiger charge is 2.10. The quantitative estimate of drug-likeness (QED) is 0.364. The van der Waals surface area contributed by atoms with E-state index >= 15 is 0 Å². The van der Waals surface area contributed by atoms with E-state index in [0.29, 0.717) is 0 Å². The second kappa shape index (κ2) is 3.94. The van der Waals surface area contributed by atoms with E-state index in [9.17, 15) is 0 Å². The molecule has 0 heteroatoms. The van der Waals surface area contributed by atoms with Crippen LogP contribution in [0.25, 0.3) is 0 Å². The average molecular weight is 152 g/mol. The van der Waals surface area contributed by atoms with Crippen molar-refractivity contribution in [3.05, 3.63) is 11.1 Å². The standard InChI is InChI=1S/C11H20/c1-9(2)11-6-4-5-10(3)7-8-11/h10H,4-8H2,1-3H3. The van der Waals surface area contributed by atoms with Gasteiger partial charge < -0.3 is 0 Å². The summed E-state index contributed by atoms with van der Waals surface area (Å²) >= 11 is 0. The van der Waals surface area contributed by atoms with Crippen molar-refractivity contribution in [2.24, 2.45) is 5.92 Å². The minimum atomic E-state index is 0.965. The van der Waals surface area contributed by atoms with Gasteiger partial charge in [-0.15, -0.1) is 0 Å². The summed E-state index contributed by atoms with van der Waals surface area (Å²) in [6.07, 6.45) is 7.01. The Morgan fingerprint density at radius 2 is 1.91 bits per heavy atom. The average Bonchev–Trinajstić information content (AvgIpc) is 2.13. The highest BCUT2D eigenvalue weighted by Crippen LogP contribution is 2.27. The van der Waals surface area contributed by atoms with Crippen LogP contribution in [0.15, 0.2) is 11.1 Å². The molecule has 0 aliphatic heterocycles. The number of hydrogen-bond donors (Lipinski definition) is 0. The maximum absolute atomic E-state index is 2.38. The summed E-state index contributed by atoms with van der Waals surface area (Å²) in [4.78, 5) is 0. The zero-order valence-electron chi connectivity index (χ0n) is 8.11. The first kappa shape index (κ1) is 8.83. The second-order valence-corrected chi connectivity index (χ2v) is 4.14. The van der Waals surface area contributed by atoms with Crippen molar-refractivity contribution in [2.75, 3.05) is 0 Å². The highest BCUT2D eigenvalue weighted by atomic mass is 14.2. The monoisotopic (exact) mass is 152 g/mol. The van der Waals surface area contributed by atoms with E-state index in [-0.39, 0.29) is 0 Å². The van der Waals surface area contributed by atoms with Gasteiger partial charge in [-0.2, -0.15) is 0 Å². The fourth-order valence-corrected chi connectivity index (χ4v) is 1.85. The van der Waals surface area contributed by atoms with Gasteiger partial charge in [-0.3, -0.25) is 0 Å². The van der Waals surface area contributed by atoms with Gasteiger partial charge in [-0.25, -0.2) is 0 Å². The van der Waals surface area contributed by atoms with Crippen LogP contribution in [0.4, 0.5) is 0 Å². The van der Waals surface area contributed by atoms with Gasteiger partial charge in [0, 0.05) is 0 Å². The Morgan fingerprint density at radius 3 is 2.55 bits per heavy atom. The van der Waals surface area contributed by atoms with Crippen LogP contribution in [0.1, 0.15) is 52.9 Å². The van der Waals surface area contributed by atoms with Gasteiger partial charge in [0.15, 0.2) is 0 Å². The van der Waals surface area contributed by atoms with E-state index in [1.165, 1.54) is 32.1 Å². The van der Waals surface area contributed by atoms with Crippen molar-refractivity contribution in [3.63, 3.8) is 0 Å². The minimum Gasteiger partial charge on any atom is -0.0772 e. The SMILES string of the molecule is CC(C)=C1CCCC(C)CC1. The van der Waals surface area contributed by atoms with Gasteiger partial charge in [0.05, 0.1) is 0 Å². The molecule has 0 aromatic rings. The first-order chi connectivity index (χ1) is 5.20. The lowest BCUT2D eigenvalue weighted by Crippen LogP contribution is -1.89. The summed E-state index contributed by atoms with van der Waals surface area (Å²) in [5.41, 5.74) is 3.30. The summed E-state index contributed by atoms with van der Waals surface area (Å²) < 4.78 is 0. The van der Waals surface area contributed by atoms with Crippen molar-refractivity contribution in [1.29, 1.82) is 0 Å². The van der Waals surface area contributed by atoms with Gasteiger partial charge in [-0.05, 0) is 45.4 Å². The summed E-state index contributed by atoms with van der Waals surface area (Å²) in [6.45, 7) is 6.89. The molecule has 11 heavy (non-hydrogen) atoms. The van der Waals surface area contributed by atoms with Crippen LogP contribution in [-0.4, -0.2) is 0 Å². The molecule has 0 bridgehead atoms. The van der Waals surface area contributed by atoms with Crippen LogP contribution in [0.2, 0.25) is 0 Å². The largest absolute Gasteiger partial charge is 0.0772 e. The zero-order chi connectivity index (χ0) is 8.27. The molecule has 0 nitrogen and oxygen atoms in total. The maximum Gasteiger partial charge on any atom is -0.0315 e. The molecule has 1 unspecified atom stereocenters. The predicted octanol–water partition coefficient (Wildman–Crippen LogP) is 3.92. The van der Waals surface area contributed by atoms with Gasteiger partial charge in [0.2, 0.25) is 0 Å². The van der Waals surface area contributed by atoms with Crippen molar-refractivity contribution in [3.8, 4) is 0 Å². The molecular weight excluding hydrogens is 132 g/mol. The van der Waals surface area contributed by atoms with Crippen LogP contribution < -0.4 is 0 Å². The van der Waals surface area contributed by atoms with Crippen molar-refractivity contribution in [2.45, 2.75) is 52.9 Å². The predicted molar refractivity (Wildman–Crippen MR) is 50.6 cm³/mol. The number of allylic oxidation sites excluding steroid dienone is 2. The van der Waals surface area contributed by atoms with E-state index in [4.69, 9.17) is 0 Å². The van der Waals surface area contributed by atoms with Crippen molar-refractivity contribution < 1.29 is 0 Å². The van der Waals surface area contributed by atoms with Gasteiger partial charge in [-0.1, -0.05) is 24.5 Å². The topological polar surface area (TPSA) is 0 Å². The first-order valence-corrected chi connectivity index (χ1v) is 4.85. The lowest BCUT2D eigenvalue weighted by atomic mass is 10.0. The molecule has 0 saturated heterocycles. The van der Waals surface area contributed by atoms with E-state index in [1.54, 1.807) is 11.1 Å². The third kappa shape index (κ3) is 2.69. The zero-order valence-corrected chi connectivity index (χ0v) is 8.11. The van der Waals surface area contributed by atoms with Crippen LogP contribution in [-0.2, 0) is 0 Å². The molecule has 1 fully saturated rings. The van der Waals surface area contributed by atoms with E-state index in [2.05, 4.69) is 20.8 Å². The molecule has 0 aromatic heterocycles. The Bertz CT molecular complexity index is 149. The Kier molecular flexibility index (Phi) is 3.16. The molecule has 1 saturated carbocycles. The molecule has 1 atom stereocenters. The molecule has 1 rings (SSSR count). The second-order valence-electron chi connectivity index (χ2n) is 4.14. The smallest absolute Gasteiger partial charge is 0.0315 e. The lowest BCUT2D eigenvalue weighted by Gasteiger charge is -2.05. The third-order valence-electron chi connectivity index (χ3n) is 2.82. The molecule has 0 radical (unpaired) electrons. The van der Waals surface area contributed by atoms with E-state index < -0.39 is 0 Å². The van der Waals surface area contributed by atoms with Crippen LogP contribution in [0.5, 0.6) is 0 Å². The van der Waals surface area contributed by atoms with E-state index in [1.807, 2.05) is 0 Å². The normalized spacial score (nSPS) is 26.5. The minimum absolute atomic E-state index is 0.965. The molecule has 0 heterocycles. The number of hydrogen-bond acceptors (Lipinski definition) is 0. The van der Waals surface area contributed by atoms with Gasteiger partial charge in [0.1, 0.15) is 0 Å². The maximum atomic E-state index is 2.38. The Hall–Kier alpha value is -0.260. The van der Waals surface area contributed by atoms with E-state index in [0.717, 1.165) is 5.92 Å². The molecule has 0 spiro atoms. The summed E-state index contributed by atoms with van der Waals surface area (Å²) in [5, 5.41) is 0. The summed E-state index contributed by atoms with van der Waals surface area (Å²) in [6, 6.07) is 0. The van der Waals surface area contributed by atoms with Crippen molar-refractivity contribution in [1.82, 2.24) is 0 Å². The van der Waals surface area contributed by atoms with Crippen molar-refractivity contribution >= 4 is 0 Å². The molecule has 1 aliphatic carbocycles. The highest BCUT2D eigenvalue weighted by molar-refractivity contribution is 5.10. The molecular formula is C11H20. The number of rotatable bonds is 0. The molecule has 0 amide bonds. The van der Waals surface area contributed by atoms with Crippen LogP contribution in [0.3, 0.4) is 0 Å². The molecule has 64 valence electrons. The Balaban J connectivity index is 2.53. The summed E-state index contributed by atoms with van der Waals surface area (Å²) in [7, 11) is 0. The Morgan fingerprint density at radius 1 is 1.18 bits per heavy atom. The van der Waals surface area contributed by atoms with Gasteiger partial charge >= 0.3 is 0 Å². The van der Waals surface area contributed by atoms with Gasteiger partial charge in [0.25, 0.3) is 0 Å². The van der Waals surface area contributed by atoms with Crippen LogP contribution in [0, 0.1) is 5.92 Å². The fraction of sp³-hybridized carbons (Fsp3) is 0.818. The molecule has 0 aromatic carbocycles. The molecule has 1 aliphatic rings.